The number of anilines is 1. The molecule has 1 rings (SSSR count). The fourth-order valence-corrected chi connectivity index (χ4v) is 1.71. The Morgan fingerprint density at radius 1 is 1.38 bits per heavy atom. The standard InChI is InChI=1S/C14H22N2/c1-5-14(15)12-6-8-13(9-7-12)16(4)10-11(2)3/h6-9,14H,2,5,10,15H2,1,3-4H3. The molecule has 1 aromatic carbocycles. The Labute approximate surface area is 98.8 Å². The van der Waals surface area contributed by atoms with Crippen LogP contribution < -0.4 is 10.6 Å². The van der Waals surface area contributed by atoms with Gasteiger partial charge >= 0.3 is 0 Å². The molecule has 2 N–H and O–H groups in total. The van der Waals surface area contributed by atoms with Crippen LogP contribution in [0, 0.1) is 0 Å². The molecule has 0 aromatic heterocycles. The summed E-state index contributed by atoms with van der Waals surface area (Å²) in [6, 6.07) is 8.61. The van der Waals surface area contributed by atoms with Crippen molar-refractivity contribution in [3.63, 3.8) is 0 Å². The first-order valence-corrected chi connectivity index (χ1v) is 5.75. The van der Waals surface area contributed by atoms with Gasteiger partial charge in [-0.3, -0.25) is 0 Å². The number of nitrogens with two attached hydrogens (primary N) is 1. The van der Waals surface area contributed by atoms with Crippen LogP contribution in [0.1, 0.15) is 31.9 Å². The van der Waals surface area contributed by atoms with Gasteiger partial charge in [-0.05, 0) is 31.0 Å². The molecule has 2 nitrogen and oxygen atoms in total. The molecule has 1 atom stereocenters. The molecule has 1 unspecified atom stereocenters. The minimum absolute atomic E-state index is 0.153. The Morgan fingerprint density at radius 3 is 2.38 bits per heavy atom. The predicted molar refractivity (Wildman–Crippen MR) is 71.7 cm³/mol. The Kier molecular flexibility index (Phi) is 4.56. The van der Waals surface area contributed by atoms with Crippen molar-refractivity contribution in [1.29, 1.82) is 0 Å². The van der Waals surface area contributed by atoms with E-state index in [4.69, 9.17) is 5.73 Å². The summed E-state index contributed by atoms with van der Waals surface area (Å²) in [5.74, 6) is 0. The molecule has 88 valence electrons. The van der Waals surface area contributed by atoms with Crippen molar-refractivity contribution < 1.29 is 0 Å². The van der Waals surface area contributed by atoms with Gasteiger partial charge in [0.05, 0.1) is 0 Å². The van der Waals surface area contributed by atoms with Crippen molar-refractivity contribution in [3.8, 4) is 0 Å². The molecule has 0 aliphatic carbocycles. The predicted octanol–water partition coefficient (Wildman–Crippen LogP) is 3.11. The second-order valence-electron chi connectivity index (χ2n) is 4.42. The molecule has 0 radical (unpaired) electrons. The number of likely N-dealkylation sites (N-methyl/N-ethyl adjacent to an activating group) is 1. The summed E-state index contributed by atoms with van der Waals surface area (Å²) < 4.78 is 0. The second kappa shape index (κ2) is 5.71. The molecule has 0 fully saturated rings. The molecule has 0 bridgehead atoms. The van der Waals surface area contributed by atoms with Crippen molar-refractivity contribution in [2.24, 2.45) is 5.73 Å². The molecule has 0 saturated carbocycles. The third-order valence-electron chi connectivity index (χ3n) is 2.71. The first kappa shape index (κ1) is 12.8. The lowest BCUT2D eigenvalue weighted by atomic mass is 10.1. The zero-order chi connectivity index (χ0) is 12.1. The minimum Gasteiger partial charge on any atom is -0.371 e. The highest BCUT2D eigenvalue weighted by atomic mass is 15.1. The van der Waals surface area contributed by atoms with E-state index in [1.54, 1.807) is 0 Å². The van der Waals surface area contributed by atoms with E-state index in [2.05, 4.69) is 49.7 Å². The summed E-state index contributed by atoms with van der Waals surface area (Å²) in [6.45, 7) is 8.95. The van der Waals surface area contributed by atoms with Crippen LogP contribution in [0.4, 0.5) is 5.69 Å². The summed E-state index contributed by atoms with van der Waals surface area (Å²) in [4.78, 5) is 2.18. The summed E-state index contributed by atoms with van der Waals surface area (Å²) in [7, 11) is 2.07. The monoisotopic (exact) mass is 218 g/mol. The zero-order valence-corrected chi connectivity index (χ0v) is 10.5. The SMILES string of the molecule is C=C(C)CN(C)c1ccc(C(N)CC)cc1. The van der Waals surface area contributed by atoms with Crippen molar-refractivity contribution in [2.75, 3.05) is 18.5 Å². The Bertz CT molecular complexity index is 340. The maximum absolute atomic E-state index is 5.97. The molecular formula is C14H22N2. The van der Waals surface area contributed by atoms with Crippen LogP contribution in [0.3, 0.4) is 0 Å². The van der Waals surface area contributed by atoms with Crippen molar-refractivity contribution >= 4 is 5.69 Å². The highest BCUT2D eigenvalue weighted by molar-refractivity contribution is 5.48. The van der Waals surface area contributed by atoms with Gasteiger partial charge < -0.3 is 10.6 Å². The lowest BCUT2D eigenvalue weighted by Gasteiger charge is -2.20. The van der Waals surface area contributed by atoms with Gasteiger partial charge in [-0.1, -0.05) is 31.2 Å². The Morgan fingerprint density at radius 2 is 1.94 bits per heavy atom. The number of benzene rings is 1. The summed E-state index contributed by atoms with van der Waals surface area (Å²) in [5, 5.41) is 0. The normalized spacial score (nSPS) is 12.2. The van der Waals surface area contributed by atoms with Crippen LogP contribution >= 0.6 is 0 Å². The third kappa shape index (κ3) is 3.38. The van der Waals surface area contributed by atoms with Gasteiger partial charge in [-0.15, -0.1) is 0 Å². The van der Waals surface area contributed by atoms with Gasteiger partial charge in [0.2, 0.25) is 0 Å². The van der Waals surface area contributed by atoms with E-state index in [0.717, 1.165) is 18.5 Å². The summed E-state index contributed by atoms with van der Waals surface area (Å²) >= 11 is 0. The van der Waals surface area contributed by atoms with Crippen LogP contribution in [0.2, 0.25) is 0 Å². The average Bonchev–Trinajstić information content (AvgIpc) is 2.27. The topological polar surface area (TPSA) is 29.3 Å². The van der Waals surface area contributed by atoms with E-state index in [-0.39, 0.29) is 6.04 Å². The van der Waals surface area contributed by atoms with Gasteiger partial charge in [-0.25, -0.2) is 0 Å². The largest absolute Gasteiger partial charge is 0.371 e. The maximum Gasteiger partial charge on any atom is 0.0380 e. The minimum atomic E-state index is 0.153. The number of hydrogen-bond donors (Lipinski definition) is 1. The Hall–Kier alpha value is -1.28. The highest BCUT2D eigenvalue weighted by Crippen LogP contribution is 2.19. The first-order chi connectivity index (χ1) is 7.54. The quantitative estimate of drug-likeness (QED) is 0.769. The Balaban J connectivity index is 2.74. The van der Waals surface area contributed by atoms with Crippen molar-refractivity contribution in [2.45, 2.75) is 26.3 Å². The fourth-order valence-electron chi connectivity index (χ4n) is 1.71. The van der Waals surface area contributed by atoms with E-state index < -0.39 is 0 Å². The number of hydrogen-bond acceptors (Lipinski definition) is 2. The van der Waals surface area contributed by atoms with Crippen LogP contribution in [0.25, 0.3) is 0 Å². The molecule has 16 heavy (non-hydrogen) atoms. The van der Waals surface area contributed by atoms with E-state index in [0.29, 0.717) is 0 Å². The van der Waals surface area contributed by atoms with Gasteiger partial charge in [0.15, 0.2) is 0 Å². The van der Waals surface area contributed by atoms with Gasteiger partial charge in [-0.2, -0.15) is 0 Å². The summed E-state index contributed by atoms with van der Waals surface area (Å²) in [5.41, 5.74) is 9.54. The molecule has 2 heteroatoms. The lowest BCUT2D eigenvalue weighted by molar-refractivity contribution is 0.698. The molecule has 0 aliphatic heterocycles. The summed E-state index contributed by atoms with van der Waals surface area (Å²) in [6.07, 6.45) is 0.973. The number of nitrogens with zero attached hydrogens (tertiary/aromatic N) is 1. The highest BCUT2D eigenvalue weighted by Gasteiger charge is 2.04. The molecule has 0 aliphatic rings. The third-order valence-corrected chi connectivity index (χ3v) is 2.71. The van der Waals surface area contributed by atoms with E-state index >= 15 is 0 Å². The first-order valence-electron chi connectivity index (χ1n) is 5.75. The molecule has 0 amide bonds. The molecule has 0 spiro atoms. The molecule has 0 heterocycles. The second-order valence-corrected chi connectivity index (χ2v) is 4.42. The molecule has 0 saturated heterocycles. The zero-order valence-electron chi connectivity index (χ0n) is 10.5. The smallest absolute Gasteiger partial charge is 0.0380 e. The lowest BCUT2D eigenvalue weighted by Crippen LogP contribution is -2.19. The van der Waals surface area contributed by atoms with E-state index in [1.165, 1.54) is 11.3 Å². The van der Waals surface area contributed by atoms with Crippen molar-refractivity contribution in [3.05, 3.63) is 42.0 Å². The van der Waals surface area contributed by atoms with E-state index in [9.17, 15) is 0 Å². The van der Waals surface area contributed by atoms with Gasteiger partial charge in [0, 0.05) is 25.3 Å². The van der Waals surface area contributed by atoms with E-state index in [1.807, 2.05) is 6.92 Å². The van der Waals surface area contributed by atoms with Crippen molar-refractivity contribution in [1.82, 2.24) is 0 Å². The molecular weight excluding hydrogens is 196 g/mol. The van der Waals surface area contributed by atoms with Crippen LogP contribution in [-0.4, -0.2) is 13.6 Å². The van der Waals surface area contributed by atoms with Crippen LogP contribution in [0.15, 0.2) is 36.4 Å². The number of rotatable bonds is 5. The average molecular weight is 218 g/mol. The van der Waals surface area contributed by atoms with Gasteiger partial charge in [0.25, 0.3) is 0 Å². The van der Waals surface area contributed by atoms with Crippen LogP contribution in [0.5, 0.6) is 0 Å². The van der Waals surface area contributed by atoms with Gasteiger partial charge in [0.1, 0.15) is 0 Å². The van der Waals surface area contributed by atoms with Crippen LogP contribution in [-0.2, 0) is 0 Å². The maximum atomic E-state index is 5.97. The molecule has 1 aromatic rings. The fraction of sp³-hybridized carbons (Fsp3) is 0.429.